The summed E-state index contributed by atoms with van der Waals surface area (Å²) < 4.78 is 14.1. The van der Waals surface area contributed by atoms with Crippen LogP contribution in [0.25, 0.3) is 0 Å². The Morgan fingerprint density at radius 2 is 2.11 bits per heavy atom. The molecule has 1 saturated carbocycles. The molecule has 2 rings (SSSR count). The lowest BCUT2D eigenvalue weighted by molar-refractivity contribution is 0.391. The molecule has 1 fully saturated rings. The summed E-state index contributed by atoms with van der Waals surface area (Å²) in [6, 6.07) is 5.39. The molecular weight excluding hydrogens is 249 g/mol. The van der Waals surface area contributed by atoms with Gasteiger partial charge in [-0.3, -0.25) is 0 Å². The van der Waals surface area contributed by atoms with E-state index in [4.69, 9.17) is 11.6 Å². The van der Waals surface area contributed by atoms with E-state index in [1.807, 2.05) is 12.1 Å². The second-order valence-corrected chi connectivity index (χ2v) is 5.55. The lowest BCUT2D eigenvalue weighted by Crippen LogP contribution is -2.24. The van der Waals surface area contributed by atoms with Gasteiger partial charge in [0.15, 0.2) is 0 Å². The van der Waals surface area contributed by atoms with Crippen molar-refractivity contribution in [1.82, 2.24) is 5.32 Å². The Hall–Kier alpha value is -0.600. The van der Waals surface area contributed by atoms with Crippen LogP contribution in [0.5, 0.6) is 0 Å². The molecule has 0 aromatic heterocycles. The molecule has 3 heteroatoms. The highest BCUT2D eigenvalue weighted by atomic mass is 35.5. The van der Waals surface area contributed by atoms with Crippen molar-refractivity contribution < 1.29 is 4.39 Å². The van der Waals surface area contributed by atoms with Crippen LogP contribution in [0, 0.1) is 11.7 Å². The van der Waals surface area contributed by atoms with E-state index in [2.05, 4.69) is 12.2 Å². The average molecular weight is 270 g/mol. The summed E-state index contributed by atoms with van der Waals surface area (Å²) in [5, 5.41) is 3.62. The van der Waals surface area contributed by atoms with Crippen molar-refractivity contribution in [3.63, 3.8) is 0 Å². The summed E-state index contributed by atoms with van der Waals surface area (Å²) in [7, 11) is 0. The van der Waals surface area contributed by atoms with Gasteiger partial charge in [-0.15, -0.1) is 0 Å². The molecule has 18 heavy (non-hydrogen) atoms. The third-order valence-corrected chi connectivity index (χ3v) is 4.14. The van der Waals surface area contributed by atoms with E-state index in [0.29, 0.717) is 0 Å². The summed E-state index contributed by atoms with van der Waals surface area (Å²) in [5.74, 6) is 0.468. The van der Waals surface area contributed by atoms with Crippen LogP contribution in [-0.4, -0.2) is 6.54 Å². The van der Waals surface area contributed by atoms with Crippen LogP contribution in [0.1, 0.15) is 50.6 Å². The molecule has 1 aromatic carbocycles. The third kappa shape index (κ3) is 3.24. The molecule has 0 radical (unpaired) electrons. The maximum Gasteiger partial charge on any atom is 0.146 e. The highest BCUT2D eigenvalue weighted by Crippen LogP contribution is 2.34. The molecule has 100 valence electrons. The Bertz CT molecular complexity index is 388. The zero-order valence-electron chi connectivity index (χ0n) is 10.9. The zero-order valence-corrected chi connectivity index (χ0v) is 11.6. The van der Waals surface area contributed by atoms with Crippen molar-refractivity contribution in [2.24, 2.45) is 5.92 Å². The number of halogens is 2. The largest absolute Gasteiger partial charge is 0.310 e. The van der Waals surface area contributed by atoms with Crippen molar-refractivity contribution in [1.29, 1.82) is 0 Å². The Labute approximate surface area is 114 Å². The zero-order chi connectivity index (χ0) is 13.0. The smallest absolute Gasteiger partial charge is 0.146 e. The van der Waals surface area contributed by atoms with Crippen LogP contribution >= 0.6 is 11.6 Å². The van der Waals surface area contributed by atoms with Crippen LogP contribution in [0.15, 0.2) is 18.2 Å². The Morgan fingerprint density at radius 3 is 2.78 bits per heavy atom. The second kappa shape index (κ2) is 6.53. The number of hydrogen-bond donors (Lipinski definition) is 1. The van der Waals surface area contributed by atoms with Gasteiger partial charge in [-0.25, -0.2) is 4.39 Å². The second-order valence-electron chi connectivity index (χ2n) is 5.14. The van der Waals surface area contributed by atoms with Gasteiger partial charge in [-0.1, -0.05) is 56.3 Å². The average Bonchev–Trinajstić information content (AvgIpc) is 2.85. The van der Waals surface area contributed by atoms with Crippen molar-refractivity contribution >= 4 is 11.6 Å². The minimum atomic E-state index is -0.261. The molecule has 1 N–H and O–H groups in total. The molecule has 1 atom stereocenters. The lowest BCUT2D eigenvalue weighted by Gasteiger charge is -2.22. The fourth-order valence-corrected chi connectivity index (χ4v) is 3.12. The molecule has 0 bridgehead atoms. The van der Waals surface area contributed by atoms with E-state index < -0.39 is 0 Å². The van der Waals surface area contributed by atoms with Gasteiger partial charge in [0.1, 0.15) is 5.82 Å². The first kappa shape index (κ1) is 13.8. The maximum atomic E-state index is 14.1. The van der Waals surface area contributed by atoms with Crippen LogP contribution < -0.4 is 5.32 Å². The van der Waals surface area contributed by atoms with E-state index in [-0.39, 0.29) is 16.9 Å². The Balaban J connectivity index is 2.14. The number of hydrogen-bond acceptors (Lipinski definition) is 1. The Morgan fingerprint density at radius 1 is 1.39 bits per heavy atom. The molecule has 1 aromatic rings. The van der Waals surface area contributed by atoms with E-state index in [0.717, 1.165) is 24.4 Å². The first-order chi connectivity index (χ1) is 8.72. The summed E-state index contributed by atoms with van der Waals surface area (Å²) in [5.41, 5.74) is 0.719. The highest BCUT2D eigenvalue weighted by Gasteiger charge is 2.23. The van der Waals surface area contributed by atoms with Crippen LogP contribution in [0.3, 0.4) is 0 Å². The summed E-state index contributed by atoms with van der Waals surface area (Å²) in [6.45, 7) is 2.91. The van der Waals surface area contributed by atoms with Gasteiger partial charge in [0.2, 0.25) is 0 Å². The van der Waals surface area contributed by atoms with E-state index in [1.165, 1.54) is 25.7 Å². The monoisotopic (exact) mass is 269 g/mol. The lowest BCUT2D eigenvalue weighted by atomic mass is 9.93. The molecule has 0 spiro atoms. The molecule has 1 nitrogen and oxygen atoms in total. The normalized spacial score (nSPS) is 18.2. The van der Waals surface area contributed by atoms with Crippen LogP contribution in [0.4, 0.5) is 4.39 Å². The summed E-state index contributed by atoms with van der Waals surface area (Å²) >= 11 is 5.87. The third-order valence-electron chi connectivity index (χ3n) is 3.85. The minimum Gasteiger partial charge on any atom is -0.310 e. The van der Waals surface area contributed by atoms with Crippen molar-refractivity contribution in [3.8, 4) is 0 Å². The van der Waals surface area contributed by atoms with E-state index in [1.54, 1.807) is 6.07 Å². The van der Waals surface area contributed by atoms with Crippen molar-refractivity contribution in [3.05, 3.63) is 34.6 Å². The van der Waals surface area contributed by atoms with Crippen molar-refractivity contribution in [2.45, 2.75) is 45.1 Å². The van der Waals surface area contributed by atoms with E-state index >= 15 is 0 Å². The van der Waals surface area contributed by atoms with Gasteiger partial charge in [0.25, 0.3) is 0 Å². The minimum absolute atomic E-state index is 0.0943. The van der Waals surface area contributed by atoms with E-state index in [9.17, 15) is 4.39 Å². The van der Waals surface area contributed by atoms with Crippen LogP contribution in [-0.2, 0) is 0 Å². The molecule has 0 heterocycles. The Kier molecular flexibility index (Phi) is 5.02. The molecule has 1 aliphatic rings. The number of nitrogens with one attached hydrogen (secondary N) is 1. The SMILES string of the molecule is CCNC(CC1CCCC1)c1cccc(Cl)c1F. The molecule has 1 unspecified atom stereocenters. The predicted molar refractivity (Wildman–Crippen MR) is 74.4 cm³/mol. The molecule has 1 aliphatic carbocycles. The van der Waals surface area contributed by atoms with Gasteiger partial charge < -0.3 is 5.32 Å². The molecule has 0 saturated heterocycles. The molecular formula is C15H21ClFN. The maximum absolute atomic E-state index is 14.1. The van der Waals surface area contributed by atoms with Gasteiger partial charge in [-0.2, -0.15) is 0 Å². The fraction of sp³-hybridized carbons (Fsp3) is 0.600. The highest BCUT2D eigenvalue weighted by molar-refractivity contribution is 6.30. The standard InChI is InChI=1S/C15H21ClFN/c1-2-18-14(10-11-6-3-4-7-11)12-8-5-9-13(16)15(12)17/h5,8-9,11,14,18H,2-4,6-7,10H2,1H3. The quantitative estimate of drug-likeness (QED) is 0.816. The predicted octanol–water partition coefficient (Wildman–Crippen LogP) is 4.71. The van der Waals surface area contributed by atoms with Gasteiger partial charge in [-0.05, 0) is 24.9 Å². The van der Waals surface area contributed by atoms with Crippen molar-refractivity contribution in [2.75, 3.05) is 6.54 Å². The van der Waals surface area contributed by atoms with Gasteiger partial charge >= 0.3 is 0 Å². The van der Waals surface area contributed by atoms with Gasteiger partial charge in [0, 0.05) is 11.6 Å². The molecule has 0 amide bonds. The molecule has 0 aliphatic heterocycles. The number of rotatable bonds is 5. The van der Waals surface area contributed by atoms with Gasteiger partial charge in [0.05, 0.1) is 5.02 Å². The fourth-order valence-electron chi connectivity index (χ4n) is 2.94. The topological polar surface area (TPSA) is 12.0 Å². The first-order valence-corrected chi connectivity index (χ1v) is 7.27. The van der Waals surface area contributed by atoms with Crippen LogP contribution in [0.2, 0.25) is 5.02 Å². The summed E-state index contributed by atoms with van der Waals surface area (Å²) in [6.07, 6.45) is 6.22. The first-order valence-electron chi connectivity index (χ1n) is 6.89. The number of benzene rings is 1. The summed E-state index contributed by atoms with van der Waals surface area (Å²) in [4.78, 5) is 0.